The molecule has 0 aliphatic rings. The Morgan fingerprint density at radius 1 is 1.00 bits per heavy atom. The minimum absolute atomic E-state index is 0.116. The molecule has 0 saturated carbocycles. The van der Waals surface area contributed by atoms with E-state index < -0.39 is 22.0 Å². The molecule has 25 heavy (non-hydrogen) atoms. The number of ether oxygens (including phenoxy) is 1. The van der Waals surface area contributed by atoms with Gasteiger partial charge in [-0.2, -0.15) is 4.72 Å². The monoisotopic (exact) mass is 361 g/mol. The summed E-state index contributed by atoms with van der Waals surface area (Å²) in [7, 11) is -2.56. The molecule has 2 aromatic rings. The number of methoxy groups -OCH3 is 1. The molecule has 5 nitrogen and oxygen atoms in total. The van der Waals surface area contributed by atoms with Crippen LogP contribution >= 0.6 is 0 Å². The summed E-state index contributed by atoms with van der Waals surface area (Å²) in [5.41, 5.74) is 1.93. The number of hydrogen-bond donors (Lipinski definition) is 1. The van der Waals surface area contributed by atoms with E-state index in [0.717, 1.165) is 11.1 Å². The van der Waals surface area contributed by atoms with E-state index in [1.54, 1.807) is 12.1 Å². The zero-order chi connectivity index (χ0) is 18.4. The van der Waals surface area contributed by atoms with Gasteiger partial charge in [0.15, 0.2) is 0 Å². The Bertz CT molecular complexity index is 799. The summed E-state index contributed by atoms with van der Waals surface area (Å²) in [6.45, 7) is 3.83. The summed E-state index contributed by atoms with van der Waals surface area (Å²) in [6.07, 6.45) is 0.369. The number of carbonyl (C=O) groups excluding carboxylic acids is 1. The molecule has 0 bridgehead atoms. The molecule has 6 heteroatoms. The van der Waals surface area contributed by atoms with Gasteiger partial charge in [-0.1, -0.05) is 56.3 Å². The van der Waals surface area contributed by atoms with Crippen LogP contribution in [0.5, 0.6) is 0 Å². The Kier molecular flexibility index (Phi) is 6.33. The number of nitrogens with one attached hydrogen (secondary N) is 1. The standard InChI is InChI=1S/C19H23NO4S/c1-14(2)13-18(19(21)24-3)20-25(22,23)17-11-9-16(10-12-17)15-7-5-4-6-8-15/h4-12,14,18,20H,13H2,1-3H3. The van der Waals surface area contributed by atoms with Crippen molar-refractivity contribution in [3.05, 3.63) is 54.6 Å². The molecule has 0 aliphatic carbocycles. The third-order valence-electron chi connectivity index (χ3n) is 3.76. The largest absolute Gasteiger partial charge is 0.468 e. The van der Waals surface area contributed by atoms with Crippen LogP contribution in [0, 0.1) is 5.92 Å². The number of benzene rings is 2. The van der Waals surface area contributed by atoms with Gasteiger partial charge in [-0.05, 0) is 35.6 Å². The van der Waals surface area contributed by atoms with Crippen LogP contribution in [0.2, 0.25) is 0 Å². The van der Waals surface area contributed by atoms with Gasteiger partial charge in [-0.25, -0.2) is 8.42 Å². The molecule has 2 rings (SSSR count). The van der Waals surface area contributed by atoms with Crippen LogP contribution in [0.15, 0.2) is 59.5 Å². The van der Waals surface area contributed by atoms with Crippen molar-refractivity contribution < 1.29 is 17.9 Å². The van der Waals surface area contributed by atoms with E-state index in [0.29, 0.717) is 6.42 Å². The Labute approximate surface area is 149 Å². The molecule has 2 aromatic carbocycles. The SMILES string of the molecule is COC(=O)C(CC(C)C)NS(=O)(=O)c1ccc(-c2ccccc2)cc1. The quantitative estimate of drug-likeness (QED) is 0.769. The predicted octanol–water partition coefficient (Wildman–Crippen LogP) is 3.22. The van der Waals surface area contributed by atoms with Crippen LogP contribution in [-0.2, 0) is 19.6 Å². The van der Waals surface area contributed by atoms with Crippen molar-refractivity contribution in [2.75, 3.05) is 7.11 Å². The maximum absolute atomic E-state index is 12.6. The average molecular weight is 361 g/mol. The molecule has 0 aliphatic heterocycles. The second kappa shape index (κ2) is 8.27. The molecule has 1 unspecified atom stereocenters. The molecule has 1 N–H and O–H groups in total. The highest BCUT2D eigenvalue weighted by atomic mass is 32.2. The Hall–Kier alpha value is -2.18. The minimum Gasteiger partial charge on any atom is -0.468 e. The second-order valence-corrected chi connectivity index (χ2v) is 7.93. The third kappa shape index (κ3) is 5.14. The van der Waals surface area contributed by atoms with E-state index in [2.05, 4.69) is 4.72 Å². The number of rotatable bonds is 7. The van der Waals surface area contributed by atoms with Gasteiger partial charge in [-0.15, -0.1) is 0 Å². The van der Waals surface area contributed by atoms with Crippen molar-refractivity contribution in [3.63, 3.8) is 0 Å². The molecular formula is C19H23NO4S. The Morgan fingerprint density at radius 2 is 1.56 bits per heavy atom. The van der Waals surface area contributed by atoms with E-state index in [4.69, 9.17) is 4.74 Å². The van der Waals surface area contributed by atoms with Gasteiger partial charge in [0.25, 0.3) is 0 Å². The highest BCUT2D eigenvalue weighted by Crippen LogP contribution is 2.21. The lowest BCUT2D eigenvalue weighted by molar-refractivity contribution is -0.143. The minimum atomic E-state index is -3.81. The summed E-state index contributed by atoms with van der Waals surface area (Å²) in [6, 6.07) is 15.4. The first-order valence-corrected chi connectivity index (χ1v) is 9.57. The highest BCUT2D eigenvalue weighted by Gasteiger charge is 2.27. The lowest BCUT2D eigenvalue weighted by Crippen LogP contribution is -2.42. The Morgan fingerprint density at radius 3 is 2.08 bits per heavy atom. The topological polar surface area (TPSA) is 72.5 Å². The predicted molar refractivity (Wildman–Crippen MR) is 97.5 cm³/mol. The molecule has 134 valence electrons. The molecule has 1 atom stereocenters. The van der Waals surface area contributed by atoms with Crippen LogP contribution in [0.25, 0.3) is 11.1 Å². The fraction of sp³-hybridized carbons (Fsp3) is 0.316. The van der Waals surface area contributed by atoms with Gasteiger partial charge in [0.1, 0.15) is 6.04 Å². The molecular weight excluding hydrogens is 338 g/mol. The molecule has 0 spiro atoms. The fourth-order valence-corrected chi connectivity index (χ4v) is 3.72. The zero-order valence-electron chi connectivity index (χ0n) is 14.6. The van der Waals surface area contributed by atoms with E-state index in [-0.39, 0.29) is 10.8 Å². The number of carbonyl (C=O) groups is 1. The van der Waals surface area contributed by atoms with Crippen molar-refractivity contribution in [1.82, 2.24) is 4.72 Å². The lowest BCUT2D eigenvalue weighted by atomic mass is 10.1. The molecule has 0 radical (unpaired) electrons. The zero-order valence-corrected chi connectivity index (χ0v) is 15.4. The van der Waals surface area contributed by atoms with E-state index in [1.807, 2.05) is 44.2 Å². The Balaban J connectivity index is 2.22. The summed E-state index contributed by atoms with van der Waals surface area (Å²) in [4.78, 5) is 12.0. The fourth-order valence-electron chi connectivity index (χ4n) is 2.52. The van der Waals surface area contributed by atoms with Gasteiger partial charge in [0.05, 0.1) is 12.0 Å². The highest BCUT2D eigenvalue weighted by molar-refractivity contribution is 7.89. The molecule has 0 heterocycles. The smallest absolute Gasteiger partial charge is 0.323 e. The maximum Gasteiger partial charge on any atom is 0.323 e. The van der Waals surface area contributed by atoms with Crippen LogP contribution in [0.1, 0.15) is 20.3 Å². The number of esters is 1. The van der Waals surface area contributed by atoms with Crippen LogP contribution < -0.4 is 4.72 Å². The van der Waals surface area contributed by atoms with Crippen molar-refractivity contribution in [2.45, 2.75) is 31.2 Å². The molecule has 0 amide bonds. The van der Waals surface area contributed by atoms with Crippen molar-refractivity contribution in [2.24, 2.45) is 5.92 Å². The normalized spacial score (nSPS) is 12.8. The summed E-state index contributed by atoms with van der Waals surface area (Å²) in [5.74, 6) is -0.439. The summed E-state index contributed by atoms with van der Waals surface area (Å²) < 4.78 is 32.3. The van der Waals surface area contributed by atoms with Crippen molar-refractivity contribution in [1.29, 1.82) is 0 Å². The van der Waals surface area contributed by atoms with E-state index >= 15 is 0 Å². The number of hydrogen-bond acceptors (Lipinski definition) is 4. The average Bonchev–Trinajstić information content (AvgIpc) is 2.60. The summed E-state index contributed by atoms with van der Waals surface area (Å²) >= 11 is 0. The van der Waals surface area contributed by atoms with Gasteiger partial charge in [0, 0.05) is 0 Å². The van der Waals surface area contributed by atoms with Gasteiger partial charge in [0.2, 0.25) is 10.0 Å². The summed E-state index contributed by atoms with van der Waals surface area (Å²) in [5, 5.41) is 0. The second-order valence-electron chi connectivity index (χ2n) is 6.22. The lowest BCUT2D eigenvalue weighted by Gasteiger charge is -2.18. The van der Waals surface area contributed by atoms with Crippen molar-refractivity contribution >= 4 is 16.0 Å². The molecule has 0 fully saturated rings. The van der Waals surface area contributed by atoms with Gasteiger partial charge < -0.3 is 4.74 Å². The van der Waals surface area contributed by atoms with Crippen LogP contribution in [-0.4, -0.2) is 27.5 Å². The molecule has 0 aromatic heterocycles. The van der Waals surface area contributed by atoms with Gasteiger partial charge >= 0.3 is 5.97 Å². The van der Waals surface area contributed by atoms with Crippen LogP contribution in [0.3, 0.4) is 0 Å². The third-order valence-corrected chi connectivity index (χ3v) is 5.25. The first-order valence-electron chi connectivity index (χ1n) is 8.09. The van der Waals surface area contributed by atoms with Gasteiger partial charge in [-0.3, -0.25) is 4.79 Å². The first-order chi connectivity index (χ1) is 11.8. The number of sulfonamides is 1. The van der Waals surface area contributed by atoms with Crippen molar-refractivity contribution in [3.8, 4) is 11.1 Å². The molecule has 0 saturated heterocycles. The van der Waals surface area contributed by atoms with E-state index in [9.17, 15) is 13.2 Å². The van der Waals surface area contributed by atoms with E-state index in [1.165, 1.54) is 19.2 Å². The first kappa shape index (κ1) is 19.1. The van der Waals surface area contributed by atoms with Crippen LogP contribution in [0.4, 0.5) is 0 Å². The maximum atomic E-state index is 12.6.